The molecule has 6 nitrogen and oxygen atoms in total. The van der Waals surface area contributed by atoms with Gasteiger partial charge in [-0.25, -0.2) is 9.29 Å². The average Bonchev–Trinajstić information content (AvgIpc) is 3.37. The Morgan fingerprint density at radius 3 is 2.29 bits per heavy atom. The number of allylic oxidation sites excluding steroid dienone is 4. The van der Waals surface area contributed by atoms with Crippen molar-refractivity contribution in [2.24, 2.45) is 23.7 Å². The van der Waals surface area contributed by atoms with Gasteiger partial charge in [-0.3, -0.25) is 19.2 Å². The molecule has 1 aliphatic heterocycles. The summed E-state index contributed by atoms with van der Waals surface area (Å²) in [5.74, 6) is -7.07. The predicted octanol–water partition coefficient (Wildman–Crippen LogP) is 7.52. The number of rotatable bonds is 4. The molecular formula is C41H31ClFNO5. The van der Waals surface area contributed by atoms with Gasteiger partial charge in [-0.2, -0.15) is 0 Å². The van der Waals surface area contributed by atoms with Gasteiger partial charge in [0.15, 0.2) is 23.1 Å². The van der Waals surface area contributed by atoms with Gasteiger partial charge in [-0.1, -0.05) is 102 Å². The van der Waals surface area contributed by atoms with Crippen LogP contribution in [0.4, 0.5) is 10.1 Å². The number of carbonyl (C=O) groups is 4. The molecule has 1 N–H and O–H groups in total. The third-order valence-electron chi connectivity index (χ3n) is 11.1. The van der Waals surface area contributed by atoms with Crippen molar-refractivity contribution in [2.75, 3.05) is 4.90 Å². The Balaban J connectivity index is 1.36. The highest BCUT2D eigenvalue weighted by molar-refractivity contribution is 6.33. The number of aromatic hydroxyl groups is 1. The zero-order chi connectivity index (χ0) is 34.2. The van der Waals surface area contributed by atoms with Gasteiger partial charge in [0, 0.05) is 28.0 Å². The third kappa shape index (κ3) is 4.45. The summed E-state index contributed by atoms with van der Waals surface area (Å²) in [5.41, 5.74) is 1.81. The molecule has 8 heteroatoms. The molecule has 8 rings (SSSR count). The van der Waals surface area contributed by atoms with Gasteiger partial charge in [0.05, 0.1) is 22.9 Å². The number of phenolic OH excluding ortho intramolecular Hbond substituents is 1. The molecule has 4 aromatic rings. The molecule has 2 fully saturated rings. The normalized spacial score (nSPS) is 27.7. The van der Waals surface area contributed by atoms with E-state index in [1.807, 2.05) is 25.1 Å². The molecule has 0 spiro atoms. The lowest BCUT2D eigenvalue weighted by Crippen LogP contribution is -2.58. The van der Waals surface area contributed by atoms with Crippen LogP contribution in [-0.4, -0.2) is 28.5 Å². The molecule has 1 saturated heterocycles. The number of aryl methyl sites for hydroxylation is 1. The number of halogens is 2. The largest absolute Gasteiger partial charge is 0.505 e. The van der Waals surface area contributed by atoms with Crippen LogP contribution in [0.5, 0.6) is 5.75 Å². The van der Waals surface area contributed by atoms with Crippen LogP contribution in [0.2, 0.25) is 5.02 Å². The van der Waals surface area contributed by atoms with Gasteiger partial charge >= 0.3 is 0 Å². The second kappa shape index (κ2) is 11.5. The number of imide groups is 1. The van der Waals surface area contributed by atoms with Gasteiger partial charge in [0.25, 0.3) is 0 Å². The molecule has 1 heterocycles. The van der Waals surface area contributed by atoms with Crippen molar-refractivity contribution in [1.82, 2.24) is 0 Å². The van der Waals surface area contributed by atoms with Crippen molar-refractivity contribution in [2.45, 2.75) is 31.1 Å². The quantitative estimate of drug-likeness (QED) is 0.179. The minimum atomic E-state index is -1.56. The van der Waals surface area contributed by atoms with Crippen molar-refractivity contribution in [3.63, 3.8) is 0 Å². The van der Waals surface area contributed by atoms with E-state index in [1.54, 1.807) is 72.8 Å². The Bertz CT molecular complexity index is 2140. The lowest BCUT2D eigenvalue weighted by Gasteiger charge is -2.55. The zero-order valence-corrected chi connectivity index (χ0v) is 27.2. The maximum absolute atomic E-state index is 15.2. The smallest absolute Gasteiger partial charge is 0.238 e. The van der Waals surface area contributed by atoms with Crippen LogP contribution in [0.15, 0.2) is 115 Å². The summed E-state index contributed by atoms with van der Waals surface area (Å²) < 4.78 is 15.2. The maximum Gasteiger partial charge on any atom is 0.238 e. The van der Waals surface area contributed by atoms with E-state index in [0.29, 0.717) is 27.4 Å². The van der Waals surface area contributed by atoms with Crippen LogP contribution in [-0.2, 0) is 24.6 Å². The monoisotopic (exact) mass is 671 g/mol. The van der Waals surface area contributed by atoms with Gasteiger partial charge < -0.3 is 5.11 Å². The number of ketones is 2. The molecule has 3 aliphatic carbocycles. The first-order chi connectivity index (χ1) is 23.6. The van der Waals surface area contributed by atoms with Crippen molar-refractivity contribution in [1.29, 1.82) is 0 Å². The van der Waals surface area contributed by atoms with Crippen molar-refractivity contribution in [3.05, 3.63) is 148 Å². The molecule has 0 radical (unpaired) electrons. The summed E-state index contributed by atoms with van der Waals surface area (Å²) in [4.78, 5) is 59.6. The number of hydrogen-bond acceptors (Lipinski definition) is 5. The van der Waals surface area contributed by atoms with E-state index in [4.69, 9.17) is 11.6 Å². The number of carbonyl (C=O) groups excluding carboxylic acids is 4. The summed E-state index contributed by atoms with van der Waals surface area (Å²) in [6.45, 7) is 1.83. The Labute approximate surface area is 287 Å². The number of amides is 2. The van der Waals surface area contributed by atoms with Crippen LogP contribution in [0.25, 0.3) is 5.57 Å². The molecule has 2 amide bonds. The summed E-state index contributed by atoms with van der Waals surface area (Å²) in [5, 5.41) is 11.8. The average molecular weight is 672 g/mol. The number of benzene rings is 4. The topological polar surface area (TPSA) is 91.8 Å². The van der Waals surface area contributed by atoms with E-state index >= 15 is 9.18 Å². The van der Waals surface area contributed by atoms with Gasteiger partial charge in [-0.15, -0.1) is 0 Å². The Morgan fingerprint density at radius 2 is 1.57 bits per heavy atom. The van der Waals surface area contributed by atoms with Gasteiger partial charge in [0.2, 0.25) is 11.8 Å². The second-order valence-electron chi connectivity index (χ2n) is 13.4. The highest BCUT2D eigenvalue weighted by Gasteiger charge is 2.66. The van der Waals surface area contributed by atoms with E-state index in [1.165, 1.54) is 17.0 Å². The fourth-order valence-electron chi connectivity index (χ4n) is 8.96. The first kappa shape index (κ1) is 31.1. The highest BCUT2D eigenvalue weighted by atomic mass is 35.5. The molecule has 0 bridgehead atoms. The van der Waals surface area contributed by atoms with E-state index in [0.717, 1.165) is 11.6 Å². The Kier molecular flexibility index (Phi) is 7.30. The van der Waals surface area contributed by atoms with E-state index in [9.17, 15) is 19.5 Å². The van der Waals surface area contributed by atoms with E-state index in [-0.39, 0.29) is 41.5 Å². The first-order valence-corrected chi connectivity index (χ1v) is 16.7. The molecule has 49 heavy (non-hydrogen) atoms. The molecular weight excluding hydrogens is 641 g/mol. The highest BCUT2D eigenvalue weighted by Crippen LogP contribution is 2.64. The number of phenols is 1. The minimum Gasteiger partial charge on any atom is -0.505 e. The molecule has 0 unspecified atom stereocenters. The minimum absolute atomic E-state index is 0.102. The number of nitrogens with zero attached hydrogens (tertiary/aromatic N) is 1. The predicted molar refractivity (Wildman–Crippen MR) is 183 cm³/mol. The first-order valence-electron chi connectivity index (χ1n) is 16.4. The number of Topliss-reactive ketones (excluding diaryl/α,β-unsaturated/α-hetero) is 1. The summed E-state index contributed by atoms with van der Waals surface area (Å²) in [6.07, 6.45) is 3.58. The summed E-state index contributed by atoms with van der Waals surface area (Å²) in [6, 6.07) is 27.2. The second-order valence-corrected chi connectivity index (χ2v) is 13.8. The van der Waals surface area contributed by atoms with Gasteiger partial charge in [-0.05, 0) is 66.6 Å². The Morgan fingerprint density at radius 1 is 0.857 bits per heavy atom. The number of para-hydroxylation sites is 1. The summed E-state index contributed by atoms with van der Waals surface area (Å²) >= 11 is 6.42. The van der Waals surface area contributed by atoms with Crippen molar-refractivity contribution < 1.29 is 28.7 Å². The number of fused-ring (bicyclic) bond motifs is 4. The Hall–Kier alpha value is -5.14. The van der Waals surface area contributed by atoms with Crippen LogP contribution in [0, 0.1) is 36.4 Å². The number of hydrogen-bond donors (Lipinski definition) is 1. The summed E-state index contributed by atoms with van der Waals surface area (Å²) in [7, 11) is 0. The van der Waals surface area contributed by atoms with Crippen LogP contribution >= 0.6 is 11.6 Å². The molecule has 0 aromatic heterocycles. The molecule has 4 aliphatic rings. The SMILES string of the molecule is Cc1ccc(N2C(=O)[C@H]3[C@H](CC=C4[C@H]3C[C@H]3C(=O)C(c5ccccc5)=CC(=O)[C@@]3(c3ccccc3)[C@H]4c3cccc(F)c3O)C2=O)cc1Cl. The van der Waals surface area contributed by atoms with Crippen molar-refractivity contribution in [3.8, 4) is 5.75 Å². The van der Waals surface area contributed by atoms with Crippen molar-refractivity contribution >= 4 is 46.2 Å². The standard InChI is InChI=1S/C41H31ClFNO5/c1-22-15-16-25(19-32(22)42)44-39(48)27-18-17-26-30(35(27)40(44)49)20-31-37(46)29(23-9-4-2-5-10-23)21-34(45)41(31,24-11-6-3-7-12-24)36(26)28-13-8-14-33(43)38(28)47/h2-17,19,21,27,30-31,35-36,47H,18,20H2,1H3/t27-,30+,31-,35-,36+,41-/m0/s1. The fourth-order valence-corrected chi connectivity index (χ4v) is 9.13. The zero-order valence-electron chi connectivity index (χ0n) is 26.5. The number of anilines is 1. The fraction of sp³-hybridized carbons (Fsp3) is 0.220. The lowest BCUT2D eigenvalue weighted by atomic mass is 9.44. The van der Waals surface area contributed by atoms with Crippen LogP contribution in [0.1, 0.15) is 41.0 Å². The van der Waals surface area contributed by atoms with E-state index in [2.05, 4.69) is 0 Å². The van der Waals surface area contributed by atoms with E-state index < -0.39 is 52.5 Å². The molecule has 244 valence electrons. The van der Waals surface area contributed by atoms with Crippen LogP contribution in [0.3, 0.4) is 0 Å². The molecule has 4 aromatic carbocycles. The molecule has 1 saturated carbocycles. The third-order valence-corrected chi connectivity index (χ3v) is 11.5. The van der Waals surface area contributed by atoms with Gasteiger partial charge in [0.1, 0.15) is 0 Å². The lowest BCUT2D eigenvalue weighted by molar-refractivity contribution is -0.135. The van der Waals surface area contributed by atoms with Crippen LogP contribution < -0.4 is 4.90 Å². The maximum atomic E-state index is 15.2. The molecule has 6 atom stereocenters.